The number of ether oxygens (including phenoxy) is 2. The first-order valence-corrected chi connectivity index (χ1v) is 10.1. The Hall–Kier alpha value is -3.53. The van der Waals surface area contributed by atoms with Crippen molar-refractivity contribution in [1.29, 1.82) is 0 Å². The van der Waals surface area contributed by atoms with Gasteiger partial charge in [0, 0.05) is 17.5 Å². The SMILES string of the molecule is CCCc1cc2c(-c3ccccc3)cc(=O)oc2cc1OCc1cccc(OC)c1. The maximum absolute atomic E-state index is 12.2. The van der Waals surface area contributed by atoms with Crippen molar-refractivity contribution in [1.82, 2.24) is 0 Å². The van der Waals surface area contributed by atoms with Gasteiger partial charge in [-0.2, -0.15) is 0 Å². The number of hydrogen-bond acceptors (Lipinski definition) is 4. The van der Waals surface area contributed by atoms with Crippen LogP contribution in [0.4, 0.5) is 0 Å². The second-order valence-electron chi connectivity index (χ2n) is 7.19. The lowest BCUT2D eigenvalue weighted by Gasteiger charge is -2.14. The largest absolute Gasteiger partial charge is 0.497 e. The van der Waals surface area contributed by atoms with Crippen LogP contribution < -0.4 is 15.1 Å². The van der Waals surface area contributed by atoms with E-state index >= 15 is 0 Å². The predicted molar refractivity (Wildman–Crippen MR) is 119 cm³/mol. The predicted octanol–water partition coefficient (Wildman–Crippen LogP) is 6.00. The van der Waals surface area contributed by atoms with Crippen molar-refractivity contribution in [2.24, 2.45) is 0 Å². The normalized spacial score (nSPS) is 10.9. The lowest BCUT2D eigenvalue weighted by atomic mass is 9.98. The van der Waals surface area contributed by atoms with Crippen LogP contribution in [-0.2, 0) is 13.0 Å². The van der Waals surface area contributed by atoms with E-state index in [-0.39, 0.29) is 5.63 Å². The first-order chi connectivity index (χ1) is 14.7. The van der Waals surface area contributed by atoms with Crippen LogP contribution in [0.3, 0.4) is 0 Å². The standard InChI is InChI=1S/C26H24O4/c1-3-8-20-14-23-22(19-10-5-4-6-11-19)15-26(27)30-25(23)16-24(20)29-17-18-9-7-12-21(13-18)28-2/h4-7,9-16H,3,8,17H2,1-2H3. The highest BCUT2D eigenvalue weighted by molar-refractivity contribution is 5.94. The second kappa shape index (κ2) is 8.87. The monoisotopic (exact) mass is 400 g/mol. The number of methoxy groups -OCH3 is 1. The summed E-state index contributed by atoms with van der Waals surface area (Å²) in [7, 11) is 1.65. The maximum Gasteiger partial charge on any atom is 0.336 e. The van der Waals surface area contributed by atoms with Gasteiger partial charge in [-0.3, -0.25) is 0 Å². The fraction of sp³-hybridized carbons (Fsp3) is 0.192. The topological polar surface area (TPSA) is 48.7 Å². The van der Waals surface area contributed by atoms with Gasteiger partial charge in [0.1, 0.15) is 23.7 Å². The molecule has 4 aromatic rings. The molecular weight excluding hydrogens is 376 g/mol. The third-order valence-electron chi connectivity index (χ3n) is 5.06. The quantitative estimate of drug-likeness (QED) is 0.357. The molecule has 0 saturated heterocycles. The van der Waals surface area contributed by atoms with E-state index in [9.17, 15) is 4.79 Å². The molecule has 0 aliphatic rings. The van der Waals surface area contributed by atoms with Gasteiger partial charge in [-0.1, -0.05) is 55.8 Å². The third-order valence-corrected chi connectivity index (χ3v) is 5.06. The summed E-state index contributed by atoms with van der Waals surface area (Å²) < 4.78 is 17.0. The molecule has 4 nitrogen and oxygen atoms in total. The highest BCUT2D eigenvalue weighted by atomic mass is 16.5. The van der Waals surface area contributed by atoms with Crippen molar-refractivity contribution >= 4 is 11.0 Å². The molecule has 0 saturated carbocycles. The van der Waals surface area contributed by atoms with E-state index < -0.39 is 0 Å². The third kappa shape index (κ3) is 4.23. The van der Waals surface area contributed by atoms with E-state index in [4.69, 9.17) is 13.9 Å². The Bertz CT molecular complexity index is 1210. The van der Waals surface area contributed by atoms with Crippen LogP contribution >= 0.6 is 0 Å². The van der Waals surface area contributed by atoms with Crippen molar-refractivity contribution in [2.75, 3.05) is 7.11 Å². The van der Waals surface area contributed by atoms with Crippen LogP contribution in [0, 0.1) is 0 Å². The highest BCUT2D eigenvalue weighted by Gasteiger charge is 2.13. The Labute approximate surface area is 175 Å². The minimum atomic E-state index is -0.372. The van der Waals surface area contributed by atoms with Gasteiger partial charge in [0.15, 0.2) is 0 Å². The summed E-state index contributed by atoms with van der Waals surface area (Å²) in [4.78, 5) is 12.2. The number of fused-ring (bicyclic) bond motifs is 1. The van der Waals surface area contributed by atoms with Gasteiger partial charge in [0.2, 0.25) is 0 Å². The summed E-state index contributed by atoms with van der Waals surface area (Å²) in [6, 6.07) is 23.2. The van der Waals surface area contributed by atoms with Crippen molar-refractivity contribution in [3.8, 4) is 22.6 Å². The molecule has 0 atom stereocenters. The minimum absolute atomic E-state index is 0.372. The van der Waals surface area contributed by atoms with E-state index in [0.717, 1.165) is 52.0 Å². The van der Waals surface area contributed by atoms with Gasteiger partial charge >= 0.3 is 5.63 Å². The summed E-state index contributed by atoms with van der Waals surface area (Å²) in [5, 5.41) is 0.915. The molecule has 0 spiro atoms. The average molecular weight is 400 g/mol. The molecule has 0 N–H and O–H groups in total. The average Bonchev–Trinajstić information content (AvgIpc) is 2.78. The van der Waals surface area contributed by atoms with Crippen LogP contribution in [0.15, 0.2) is 82.0 Å². The number of aryl methyl sites for hydroxylation is 1. The molecular formula is C26H24O4. The first kappa shape index (κ1) is 19.8. The zero-order valence-corrected chi connectivity index (χ0v) is 17.2. The molecule has 0 bridgehead atoms. The molecule has 0 aliphatic carbocycles. The molecule has 4 rings (SSSR count). The number of benzene rings is 3. The smallest absolute Gasteiger partial charge is 0.336 e. The maximum atomic E-state index is 12.2. The Kier molecular flexibility index (Phi) is 5.84. The van der Waals surface area contributed by atoms with Crippen LogP contribution in [0.5, 0.6) is 11.5 Å². The number of hydrogen-bond donors (Lipinski definition) is 0. The van der Waals surface area contributed by atoms with Gasteiger partial charge in [0.25, 0.3) is 0 Å². The van der Waals surface area contributed by atoms with Crippen molar-refractivity contribution < 1.29 is 13.9 Å². The Balaban J connectivity index is 1.76. The minimum Gasteiger partial charge on any atom is -0.497 e. The summed E-state index contributed by atoms with van der Waals surface area (Å²) >= 11 is 0. The van der Waals surface area contributed by atoms with E-state index in [1.807, 2.05) is 60.7 Å². The molecule has 1 heterocycles. The molecule has 1 aromatic heterocycles. The fourth-order valence-corrected chi connectivity index (χ4v) is 3.61. The van der Waals surface area contributed by atoms with E-state index in [0.29, 0.717) is 12.2 Å². The molecule has 0 fully saturated rings. The van der Waals surface area contributed by atoms with Crippen LogP contribution in [-0.4, -0.2) is 7.11 Å². The molecule has 0 radical (unpaired) electrons. The first-order valence-electron chi connectivity index (χ1n) is 10.1. The molecule has 152 valence electrons. The van der Waals surface area contributed by atoms with E-state index in [1.165, 1.54) is 0 Å². The van der Waals surface area contributed by atoms with Crippen LogP contribution in [0.2, 0.25) is 0 Å². The molecule has 0 aliphatic heterocycles. The molecule has 0 unspecified atom stereocenters. The Morgan fingerprint density at radius 2 is 1.77 bits per heavy atom. The van der Waals surface area contributed by atoms with E-state index in [1.54, 1.807) is 13.2 Å². The van der Waals surface area contributed by atoms with Gasteiger partial charge in [0.05, 0.1) is 7.11 Å². The van der Waals surface area contributed by atoms with E-state index in [2.05, 4.69) is 13.0 Å². The summed E-state index contributed by atoms with van der Waals surface area (Å²) in [6.45, 7) is 2.54. The van der Waals surface area contributed by atoms with Crippen molar-refractivity contribution in [3.63, 3.8) is 0 Å². The molecule has 4 heteroatoms. The number of rotatable bonds is 7. The van der Waals surface area contributed by atoms with Gasteiger partial charge < -0.3 is 13.9 Å². The molecule has 30 heavy (non-hydrogen) atoms. The lowest BCUT2D eigenvalue weighted by molar-refractivity contribution is 0.301. The summed E-state index contributed by atoms with van der Waals surface area (Å²) in [5.74, 6) is 1.53. The van der Waals surface area contributed by atoms with Crippen LogP contribution in [0.1, 0.15) is 24.5 Å². The summed E-state index contributed by atoms with van der Waals surface area (Å²) in [6.07, 6.45) is 1.86. The van der Waals surface area contributed by atoms with Gasteiger partial charge in [-0.05, 0) is 46.9 Å². The fourth-order valence-electron chi connectivity index (χ4n) is 3.61. The van der Waals surface area contributed by atoms with Gasteiger partial charge in [-0.15, -0.1) is 0 Å². The Morgan fingerprint density at radius 1 is 0.933 bits per heavy atom. The van der Waals surface area contributed by atoms with Crippen LogP contribution in [0.25, 0.3) is 22.1 Å². The zero-order valence-electron chi connectivity index (χ0n) is 17.2. The zero-order chi connectivity index (χ0) is 20.9. The molecule has 3 aromatic carbocycles. The van der Waals surface area contributed by atoms with Gasteiger partial charge in [-0.25, -0.2) is 4.79 Å². The Morgan fingerprint density at radius 3 is 2.53 bits per heavy atom. The second-order valence-corrected chi connectivity index (χ2v) is 7.19. The van der Waals surface area contributed by atoms with Crippen molar-refractivity contribution in [3.05, 3.63) is 94.3 Å². The highest BCUT2D eigenvalue weighted by Crippen LogP contribution is 2.33. The van der Waals surface area contributed by atoms with Crippen molar-refractivity contribution in [2.45, 2.75) is 26.4 Å². The lowest BCUT2D eigenvalue weighted by Crippen LogP contribution is -2.02. The molecule has 0 amide bonds. The summed E-state index contributed by atoms with van der Waals surface area (Å²) in [5.41, 5.74) is 4.13.